The molecular weight excluding hydrogens is 286 g/mol. The summed E-state index contributed by atoms with van der Waals surface area (Å²) in [6.07, 6.45) is 3.22. The summed E-state index contributed by atoms with van der Waals surface area (Å²) in [6, 6.07) is -0.0344. The molecule has 2 aliphatic rings. The zero-order valence-corrected chi connectivity index (χ0v) is 13.7. The lowest BCUT2D eigenvalue weighted by Crippen LogP contribution is -2.50. The summed E-state index contributed by atoms with van der Waals surface area (Å²) in [6.45, 7) is 9.02. The predicted octanol–water partition coefficient (Wildman–Crippen LogP) is 2.20. The first kappa shape index (κ1) is 14.7. The van der Waals surface area contributed by atoms with Gasteiger partial charge in [0, 0.05) is 18.5 Å². The van der Waals surface area contributed by atoms with E-state index in [4.69, 9.17) is 0 Å². The summed E-state index contributed by atoms with van der Waals surface area (Å²) >= 11 is 1.46. The molecule has 2 saturated heterocycles. The Balaban J connectivity index is 1.70. The Bertz CT molecular complexity index is 524. The summed E-state index contributed by atoms with van der Waals surface area (Å²) < 4.78 is 0. The minimum absolute atomic E-state index is 0.0155. The molecule has 2 fully saturated rings. The van der Waals surface area contributed by atoms with E-state index in [0.717, 1.165) is 43.9 Å². The number of likely N-dealkylation sites (tertiary alicyclic amines) is 1. The van der Waals surface area contributed by atoms with Crippen LogP contribution >= 0.6 is 11.3 Å². The Labute approximate surface area is 129 Å². The molecule has 1 atom stereocenters. The third-order valence-corrected chi connectivity index (χ3v) is 5.61. The third-order valence-electron chi connectivity index (χ3n) is 4.34. The Morgan fingerprint density at radius 3 is 2.81 bits per heavy atom. The van der Waals surface area contributed by atoms with E-state index in [0.29, 0.717) is 5.13 Å². The molecule has 7 heteroatoms. The van der Waals surface area contributed by atoms with Gasteiger partial charge in [-0.05, 0) is 25.8 Å². The molecule has 0 aromatic carbocycles. The minimum atomic E-state index is -0.0368. The van der Waals surface area contributed by atoms with E-state index in [1.807, 2.05) is 4.90 Å². The second-order valence-electron chi connectivity index (χ2n) is 7.00. The van der Waals surface area contributed by atoms with Crippen molar-refractivity contribution in [1.29, 1.82) is 0 Å². The average Bonchev–Trinajstić information content (AvgIpc) is 3.11. The van der Waals surface area contributed by atoms with Gasteiger partial charge >= 0.3 is 6.03 Å². The van der Waals surface area contributed by atoms with Crippen molar-refractivity contribution in [3.8, 4) is 0 Å². The molecule has 21 heavy (non-hydrogen) atoms. The smallest absolute Gasteiger partial charge is 0.317 e. The van der Waals surface area contributed by atoms with Crippen molar-refractivity contribution in [2.45, 2.75) is 51.0 Å². The van der Waals surface area contributed by atoms with Crippen LogP contribution in [0.2, 0.25) is 0 Å². The zero-order valence-electron chi connectivity index (χ0n) is 12.9. The highest BCUT2D eigenvalue weighted by Crippen LogP contribution is 2.35. The minimum Gasteiger partial charge on any atom is -0.317 e. The first-order chi connectivity index (χ1) is 9.91. The van der Waals surface area contributed by atoms with Crippen molar-refractivity contribution in [2.75, 3.05) is 25.0 Å². The maximum absolute atomic E-state index is 12.6. The fourth-order valence-corrected chi connectivity index (χ4v) is 3.96. The van der Waals surface area contributed by atoms with Gasteiger partial charge in [-0.1, -0.05) is 32.1 Å². The van der Waals surface area contributed by atoms with Crippen molar-refractivity contribution in [1.82, 2.24) is 20.4 Å². The van der Waals surface area contributed by atoms with E-state index in [9.17, 15) is 4.79 Å². The van der Waals surface area contributed by atoms with Crippen molar-refractivity contribution in [2.24, 2.45) is 0 Å². The number of hydrogen-bond acceptors (Lipinski definition) is 5. The lowest BCUT2D eigenvalue weighted by molar-refractivity contribution is 0.168. The SMILES string of the molecule is CC(C)(C)c1nnc(NC(=O)N2CCCC23CCNC3)s1. The highest BCUT2D eigenvalue weighted by Gasteiger charge is 2.45. The van der Waals surface area contributed by atoms with E-state index < -0.39 is 0 Å². The standard InChI is InChI=1S/C14H23N5OS/c1-13(2,3)10-17-18-11(21-10)16-12(20)19-8-4-5-14(19)6-7-15-9-14/h15H,4-9H2,1-3H3,(H,16,18,20). The number of carbonyl (C=O) groups excluding carboxylic acids is 1. The summed E-state index contributed by atoms with van der Waals surface area (Å²) in [5.41, 5.74) is -0.0213. The molecule has 3 rings (SSSR count). The third kappa shape index (κ3) is 2.76. The number of carbonyl (C=O) groups is 1. The van der Waals surface area contributed by atoms with Gasteiger partial charge in [0.25, 0.3) is 0 Å². The van der Waals surface area contributed by atoms with Gasteiger partial charge < -0.3 is 10.2 Å². The monoisotopic (exact) mass is 309 g/mol. The van der Waals surface area contributed by atoms with Crippen LogP contribution in [0.25, 0.3) is 0 Å². The summed E-state index contributed by atoms with van der Waals surface area (Å²) in [5, 5.41) is 16.1. The number of urea groups is 1. The summed E-state index contributed by atoms with van der Waals surface area (Å²) in [5.74, 6) is 0. The Hall–Kier alpha value is -1.21. The topological polar surface area (TPSA) is 70.2 Å². The van der Waals surface area contributed by atoms with Crippen LogP contribution in [-0.2, 0) is 5.41 Å². The lowest BCUT2D eigenvalue weighted by Gasteiger charge is -2.34. The van der Waals surface area contributed by atoms with Crippen LogP contribution in [0, 0.1) is 0 Å². The molecule has 1 aromatic heterocycles. The average molecular weight is 309 g/mol. The zero-order chi connectivity index (χ0) is 15.1. The van der Waals surface area contributed by atoms with E-state index in [-0.39, 0.29) is 17.0 Å². The highest BCUT2D eigenvalue weighted by atomic mass is 32.1. The molecule has 0 saturated carbocycles. The van der Waals surface area contributed by atoms with Gasteiger partial charge in [0.15, 0.2) is 0 Å². The fraction of sp³-hybridized carbons (Fsp3) is 0.786. The van der Waals surface area contributed by atoms with Gasteiger partial charge in [-0.3, -0.25) is 5.32 Å². The van der Waals surface area contributed by atoms with E-state index in [1.54, 1.807) is 0 Å². The van der Waals surface area contributed by atoms with Crippen molar-refractivity contribution in [3.63, 3.8) is 0 Å². The quantitative estimate of drug-likeness (QED) is 0.834. The van der Waals surface area contributed by atoms with Crippen molar-refractivity contribution >= 4 is 22.5 Å². The molecule has 0 aliphatic carbocycles. The maximum atomic E-state index is 12.6. The maximum Gasteiger partial charge on any atom is 0.324 e. The number of hydrogen-bond donors (Lipinski definition) is 2. The molecule has 0 radical (unpaired) electrons. The van der Waals surface area contributed by atoms with Crippen LogP contribution in [0.1, 0.15) is 45.0 Å². The van der Waals surface area contributed by atoms with Gasteiger partial charge in [0.2, 0.25) is 5.13 Å². The van der Waals surface area contributed by atoms with E-state index >= 15 is 0 Å². The largest absolute Gasteiger partial charge is 0.324 e. The normalized spacial score (nSPS) is 25.8. The van der Waals surface area contributed by atoms with Crippen LogP contribution in [0.15, 0.2) is 0 Å². The highest BCUT2D eigenvalue weighted by molar-refractivity contribution is 7.15. The molecule has 6 nitrogen and oxygen atoms in total. The Morgan fingerprint density at radius 1 is 1.38 bits per heavy atom. The second-order valence-corrected chi connectivity index (χ2v) is 7.98. The first-order valence-electron chi connectivity index (χ1n) is 7.54. The number of anilines is 1. The van der Waals surface area contributed by atoms with Gasteiger partial charge in [0.1, 0.15) is 5.01 Å². The van der Waals surface area contributed by atoms with Gasteiger partial charge in [-0.25, -0.2) is 4.79 Å². The molecule has 116 valence electrons. The van der Waals surface area contributed by atoms with Crippen LogP contribution in [0.3, 0.4) is 0 Å². The molecule has 2 aliphatic heterocycles. The van der Waals surface area contributed by atoms with Crippen LogP contribution in [-0.4, -0.2) is 46.3 Å². The van der Waals surface area contributed by atoms with Crippen LogP contribution < -0.4 is 10.6 Å². The van der Waals surface area contributed by atoms with E-state index in [2.05, 4.69) is 41.6 Å². The van der Waals surface area contributed by atoms with Gasteiger partial charge in [0.05, 0.1) is 5.54 Å². The van der Waals surface area contributed by atoms with Gasteiger partial charge in [-0.15, -0.1) is 10.2 Å². The van der Waals surface area contributed by atoms with Crippen molar-refractivity contribution in [3.05, 3.63) is 5.01 Å². The first-order valence-corrected chi connectivity index (χ1v) is 8.36. The molecule has 2 N–H and O–H groups in total. The van der Waals surface area contributed by atoms with Gasteiger partial charge in [-0.2, -0.15) is 0 Å². The van der Waals surface area contributed by atoms with E-state index in [1.165, 1.54) is 11.3 Å². The Morgan fingerprint density at radius 2 is 2.19 bits per heavy atom. The molecule has 1 unspecified atom stereocenters. The van der Waals surface area contributed by atoms with Crippen LogP contribution in [0.5, 0.6) is 0 Å². The summed E-state index contributed by atoms with van der Waals surface area (Å²) in [7, 11) is 0. The number of amides is 2. The number of nitrogens with one attached hydrogen (secondary N) is 2. The predicted molar refractivity (Wildman–Crippen MR) is 83.8 cm³/mol. The molecule has 3 heterocycles. The molecule has 1 spiro atoms. The fourth-order valence-electron chi connectivity index (χ4n) is 3.17. The molecule has 0 bridgehead atoms. The molecular formula is C14H23N5OS. The molecule has 2 amide bonds. The number of aromatic nitrogens is 2. The van der Waals surface area contributed by atoms with Crippen LogP contribution in [0.4, 0.5) is 9.93 Å². The Kier molecular flexibility index (Phi) is 3.65. The van der Waals surface area contributed by atoms with Crippen molar-refractivity contribution < 1.29 is 4.79 Å². The number of nitrogens with zero attached hydrogens (tertiary/aromatic N) is 3. The second kappa shape index (κ2) is 5.21. The number of rotatable bonds is 1. The molecule has 1 aromatic rings. The summed E-state index contributed by atoms with van der Waals surface area (Å²) in [4.78, 5) is 14.6. The lowest BCUT2D eigenvalue weighted by atomic mass is 9.95.